The summed E-state index contributed by atoms with van der Waals surface area (Å²) in [5.41, 5.74) is 3.78. The van der Waals surface area contributed by atoms with Gasteiger partial charge in [0.05, 0.1) is 0 Å². The Hall–Kier alpha value is 1.20. The van der Waals surface area contributed by atoms with Gasteiger partial charge in [0.25, 0.3) is 0 Å². The van der Waals surface area contributed by atoms with Gasteiger partial charge in [0.15, 0.2) is 0 Å². The third-order valence-electron chi connectivity index (χ3n) is 0. The van der Waals surface area contributed by atoms with E-state index in [4.69, 9.17) is 19.4 Å². The van der Waals surface area contributed by atoms with E-state index in [0.29, 0.717) is 0 Å². The topological polar surface area (TPSA) is 0 Å². The second-order valence-corrected chi connectivity index (χ2v) is 14.3. The van der Waals surface area contributed by atoms with E-state index in [-0.39, 0.29) is 0 Å². The molecule has 0 spiro atoms. The fourth-order valence-electron chi connectivity index (χ4n) is 0. The van der Waals surface area contributed by atoms with Gasteiger partial charge in [0, 0.05) is 0 Å². The van der Waals surface area contributed by atoms with E-state index in [2.05, 4.69) is 0 Å². The standard InChI is InChI=1S/2CH3.2ClH.Ru/h2*1H3;2*1H;/q;;;;+2/p-2. The van der Waals surface area contributed by atoms with E-state index in [1.165, 1.54) is 0 Å². The molecule has 0 unspecified atom stereocenters. The molecule has 0 bridgehead atoms. The van der Waals surface area contributed by atoms with Crippen molar-refractivity contribution in [3.63, 3.8) is 0 Å². The summed E-state index contributed by atoms with van der Waals surface area (Å²) in [6, 6.07) is 0. The Morgan fingerprint density at radius 1 is 1.20 bits per heavy atom. The molecule has 0 aliphatic heterocycles. The summed E-state index contributed by atoms with van der Waals surface area (Å²) in [5.74, 6) is 0. The van der Waals surface area contributed by atoms with Crippen molar-refractivity contribution >= 4 is 19.4 Å². The zero-order chi connectivity index (χ0) is 4.50. The minimum absolute atomic E-state index is 1.89. The first-order valence-corrected chi connectivity index (χ1v) is 8.93. The van der Waals surface area contributed by atoms with Gasteiger partial charge in [-0.1, -0.05) is 0 Å². The molecule has 0 nitrogen and oxygen atoms in total. The van der Waals surface area contributed by atoms with Gasteiger partial charge in [-0.25, -0.2) is 0 Å². The minimum atomic E-state index is -1.92. The Balaban J connectivity index is 3.02. The zero-order valence-electron chi connectivity index (χ0n) is 3.11. The Morgan fingerprint density at radius 2 is 1.20 bits per heavy atom. The van der Waals surface area contributed by atoms with E-state index in [1.807, 2.05) is 11.0 Å². The van der Waals surface area contributed by atoms with Crippen LogP contribution in [0, 0.1) is 0 Å². The van der Waals surface area contributed by atoms with Gasteiger partial charge in [-0.05, 0) is 0 Å². The van der Waals surface area contributed by atoms with E-state index in [9.17, 15) is 0 Å². The molecule has 0 aromatic carbocycles. The SMILES string of the molecule is [CH3][Ru]([CH3])([Cl])[Cl]. The van der Waals surface area contributed by atoms with Gasteiger partial charge in [0.1, 0.15) is 0 Å². The second kappa shape index (κ2) is 1.77. The molecule has 0 heterocycles. The van der Waals surface area contributed by atoms with Crippen LogP contribution in [0.3, 0.4) is 0 Å². The van der Waals surface area contributed by atoms with Crippen molar-refractivity contribution < 1.29 is 12.8 Å². The number of halogens is 2. The molecule has 0 radical (unpaired) electrons. The molecule has 0 aromatic heterocycles. The number of rotatable bonds is 0. The third-order valence-corrected chi connectivity index (χ3v) is 0. The van der Waals surface area contributed by atoms with Crippen LogP contribution in [0.25, 0.3) is 0 Å². The van der Waals surface area contributed by atoms with Crippen molar-refractivity contribution in [3.8, 4) is 0 Å². The maximum atomic E-state index is 5.47. The molecular weight excluding hydrogens is 196 g/mol. The van der Waals surface area contributed by atoms with Crippen molar-refractivity contribution in [1.82, 2.24) is 0 Å². The number of hydrogen-bond donors (Lipinski definition) is 0. The van der Waals surface area contributed by atoms with Crippen LogP contribution in [-0.2, 0) is 12.8 Å². The monoisotopic (exact) mass is 202 g/mol. The summed E-state index contributed by atoms with van der Waals surface area (Å²) in [4.78, 5) is 0. The Morgan fingerprint density at radius 3 is 1.20 bits per heavy atom. The molecule has 0 rings (SSSR count). The molecule has 0 atom stereocenters. The molecule has 0 saturated heterocycles. The van der Waals surface area contributed by atoms with E-state index < -0.39 is 12.8 Å². The summed E-state index contributed by atoms with van der Waals surface area (Å²) in [6.07, 6.45) is 0. The van der Waals surface area contributed by atoms with E-state index >= 15 is 0 Å². The normalized spacial score (nSPS) is 15.2. The average molecular weight is 202 g/mol. The summed E-state index contributed by atoms with van der Waals surface area (Å²) >= 11 is -1.92. The average Bonchev–Trinajstić information content (AvgIpc) is 0.722. The quantitative estimate of drug-likeness (QED) is 0.529. The van der Waals surface area contributed by atoms with E-state index in [1.54, 1.807) is 0 Å². The van der Waals surface area contributed by atoms with Gasteiger partial charge in [-0.3, -0.25) is 0 Å². The molecule has 3 heteroatoms. The molecule has 0 aliphatic rings. The Labute approximate surface area is 43.4 Å². The van der Waals surface area contributed by atoms with Crippen molar-refractivity contribution in [2.24, 2.45) is 0 Å². The van der Waals surface area contributed by atoms with Crippen LogP contribution in [-0.4, -0.2) is 0 Å². The van der Waals surface area contributed by atoms with Gasteiger partial charge < -0.3 is 0 Å². The van der Waals surface area contributed by atoms with Crippen LogP contribution in [0.4, 0.5) is 0 Å². The predicted octanol–water partition coefficient (Wildman–Crippen LogP) is 2.54. The van der Waals surface area contributed by atoms with Crippen LogP contribution in [0.1, 0.15) is 0 Å². The van der Waals surface area contributed by atoms with Crippen LogP contribution < -0.4 is 0 Å². The van der Waals surface area contributed by atoms with Gasteiger partial charge in [0.2, 0.25) is 0 Å². The predicted molar refractivity (Wildman–Crippen MR) is 23.4 cm³/mol. The fraction of sp³-hybridized carbons (Fsp3) is 1.00. The Bertz CT molecular complexity index is 23.1. The van der Waals surface area contributed by atoms with Crippen molar-refractivity contribution in [2.75, 3.05) is 0 Å². The molecule has 0 N–H and O–H groups in total. The molecule has 0 aromatic rings. The summed E-state index contributed by atoms with van der Waals surface area (Å²) < 4.78 is 0. The molecule has 36 valence electrons. The summed E-state index contributed by atoms with van der Waals surface area (Å²) in [7, 11) is 10.9. The van der Waals surface area contributed by atoms with E-state index in [0.717, 1.165) is 0 Å². The van der Waals surface area contributed by atoms with Crippen molar-refractivity contribution in [1.29, 1.82) is 0 Å². The first-order valence-electron chi connectivity index (χ1n) is 0.974. The van der Waals surface area contributed by atoms with Crippen molar-refractivity contribution in [3.05, 3.63) is 0 Å². The third kappa shape index (κ3) is 36.9. The summed E-state index contributed by atoms with van der Waals surface area (Å²) in [6.45, 7) is 0. The summed E-state index contributed by atoms with van der Waals surface area (Å²) in [5, 5.41) is 0. The molecule has 5 heavy (non-hydrogen) atoms. The first-order chi connectivity index (χ1) is 2.00. The van der Waals surface area contributed by atoms with Crippen LogP contribution in [0.2, 0.25) is 11.0 Å². The van der Waals surface area contributed by atoms with Gasteiger partial charge >= 0.3 is 43.2 Å². The van der Waals surface area contributed by atoms with Crippen LogP contribution in [0.5, 0.6) is 0 Å². The molecule has 0 aliphatic carbocycles. The maximum absolute atomic E-state index is 5.47. The first kappa shape index (κ1) is 6.20. The molecule has 0 amide bonds. The van der Waals surface area contributed by atoms with Gasteiger partial charge in [-0.15, -0.1) is 0 Å². The van der Waals surface area contributed by atoms with Crippen LogP contribution in [0.15, 0.2) is 0 Å². The van der Waals surface area contributed by atoms with Gasteiger partial charge in [-0.2, -0.15) is 0 Å². The molecule has 0 saturated carbocycles. The van der Waals surface area contributed by atoms with Crippen LogP contribution >= 0.6 is 19.4 Å². The fourth-order valence-corrected chi connectivity index (χ4v) is 0. The van der Waals surface area contributed by atoms with Crippen molar-refractivity contribution in [2.45, 2.75) is 11.0 Å². The number of hydrogen-bond acceptors (Lipinski definition) is 0. The Kier molecular flexibility index (Phi) is 2.20. The second-order valence-electron chi connectivity index (χ2n) is 0.939. The molecule has 0 fully saturated rings. The molecular formula is C2H6Cl2Ru. The zero-order valence-corrected chi connectivity index (χ0v) is 6.36.